The smallest absolute Gasteiger partial charge is 0.249 e. The summed E-state index contributed by atoms with van der Waals surface area (Å²) < 4.78 is 11.1. The Kier molecular flexibility index (Phi) is 4.59. The van der Waals surface area contributed by atoms with Gasteiger partial charge in [-0.3, -0.25) is 9.59 Å². The lowest BCUT2D eigenvalue weighted by Crippen LogP contribution is -2.35. The van der Waals surface area contributed by atoms with E-state index in [0.29, 0.717) is 36.0 Å². The molecule has 3 rings (SSSR count). The molecule has 0 saturated carbocycles. The molecule has 0 spiro atoms. The number of fused-ring (bicyclic) bond motifs is 1. The fourth-order valence-corrected chi connectivity index (χ4v) is 2.82. The van der Waals surface area contributed by atoms with Gasteiger partial charge in [0.15, 0.2) is 11.5 Å². The maximum atomic E-state index is 12.9. The van der Waals surface area contributed by atoms with E-state index in [0.717, 1.165) is 11.1 Å². The summed E-state index contributed by atoms with van der Waals surface area (Å²) in [7, 11) is 0. The molecule has 26 heavy (non-hydrogen) atoms. The van der Waals surface area contributed by atoms with Gasteiger partial charge in [-0.25, -0.2) is 0 Å². The maximum Gasteiger partial charge on any atom is 0.249 e. The van der Waals surface area contributed by atoms with E-state index in [9.17, 15) is 9.59 Å². The lowest BCUT2D eigenvalue weighted by Gasteiger charge is -2.26. The van der Waals surface area contributed by atoms with E-state index in [1.54, 1.807) is 25.1 Å². The van der Waals surface area contributed by atoms with Crippen LogP contribution in [0.25, 0.3) is 0 Å². The van der Waals surface area contributed by atoms with Crippen molar-refractivity contribution in [2.75, 3.05) is 18.5 Å². The van der Waals surface area contributed by atoms with Crippen LogP contribution < -0.4 is 20.5 Å². The number of carbonyl (C=O) groups excluding carboxylic acids is 2. The highest BCUT2D eigenvalue weighted by atomic mass is 16.6. The number of ether oxygens (including phenoxy) is 2. The number of carbonyl (C=O) groups is 2. The van der Waals surface area contributed by atoms with Crippen molar-refractivity contribution in [3.8, 4) is 11.5 Å². The zero-order valence-electron chi connectivity index (χ0n) is 15.1. The van der Waals surface area contributed by atoms with Crippen molar-refractivity contribution in [1.29, 1.82) is 0 Å². The Morgan fingerprint density at radius 3 is 2.42 bits per heavy atom. The highest BCUT2D eigenvalue weighted by molar-refractivity contribution is 6.00. The molecule has 2 aromatic carbocycles. The van der Waals surface area contributed by atoms with Crippen LogP contribution in [0.3, 0.4) is 0 Å². The fourth-order valence-electron chi connectivity index (χ4n) is 2.82. The van der Waals surface area contributed by atoms with Crippen LogP contribution in [0.5, 0.6) is 11.5 Å². The molecular formula is C20H22N2O4. The third-order valence-corrected chi connectivity index (χ3v) is 4.59. The highest BCUT2D eigenvalue weighted by Gasteiger charge is 2.31. The molecule has 0 saturated heterocycles. The van der Waals surface area contributed by atoms with Crippen molar-refractivity contribution >= 4 is 17.5 Å². The summed E-state index contributed by atoms with van der Waals surface area (Å²) in [5.74, 6) is 0.597. The van der Waals surface area contributed by atoms with Gasteiger partial charge in [0.25, 0.3) is 0 Å². The minimum Gasteiger partial charge on any atom is -0.486 e. The summed E-state index contributed by atoms with van der Waals surface area (Å²) in [6.07, 6.45) is 0. The molecular weight excluding hydrogens is 332 g/mol. The minimum absolute atomic E-state index is 0.201. The Hall–Kier alpha value is -3.02. The molecule has 6 nitrogen and oxygen atoms in total. The largest absolute Gasteiger partial charge is 0.486 e. The van der Waals surface area contributed by atoms with Gasteiger partial charge in [-0.2, -0.15) is 0 Å². The third-order valence-electron chi connectivity index (χ3n) is 4.59. The van der Waals surface area contributed by atoms with Gasteiger partial charge in [-0.1, -0.05) is 12.1 Å². The van der Waals surface area contributed by atoms with Gasteiger partial charge in [0, 0.05) is 11.3 Å². The summed E-state index contributed by atoms with van der Waals surface area (Å²) in [6.45, 7) is 6.47. The number of rotatable bonds is 4. The van der Waals surface area contributed by atoms with E-state index in [4.69, 9.17) is 15.2 Å². The summed E-state index contributed by atoms with van der Waals surface area (Å²) in [5.41, 5.74) is 7.06. The van der Waals surface area contributed by atoms with Gasteiger partial charge in [-0.15, -0.1) is 0 Å². The Bertz CT molecular complexity index is 874. The Morgan fingerprint density at radius 2 is 1.73 bits per heavy atom. The number of primary amides is 1. The molecule has 0 atom stereocenters. The molecule has 6 heteroatoms. The van der Waals surface area contributed by atoms with Crippen molar-refractivity contribution in [3.05, 3.63) is 53.1 Å². The zero-order chi connectivity index (χ0) is 18.9. The first-order valence-electron chi connectivity index (χ1n) is 8.41. The normalized spacial score (nSPS) is 13.2. The molecule has 0 unspecified atom stereocenters. The van der Waals surface area contributed by atoms with Crippen LogP contribution in [0.15, 0.2) is 36.4 Å². The van der Waals surface area contributed by atoms with Crippen LogP contribution >= 0.6 is 0 Å². The number of anilines is 1. The lowest BCUT2D eigenvalue weighted by atomic mass is 9.83. The van der Waals surface area contributed by atoms with Crippen molar-refractivity contribution in [2.24, 2.45) is 5.73 Å². The van der Waals surface area contributed by atoms with Crippen LogP contribution in [-0.4, -0.2) is 25.0 Å². The van der Waals surface area contributed by atoms with Crippen molar-refractivity contribution in [2.45, 2.75) is 26.2 Å². The number of hydrogen-bond acceptors (Lipinski definition) is 4. The first-order valence-corrected chi connectivity index (χ1v) is 8.41. The van der Waals surface area contributed by atoms with Crippen LogP contribution in [0, 0.1) is 6.92 Å². The van der Waals surface area contributed by atoms with E-state index >= 15 is 0 Å². The molecule has 0 aromatic heterocycles. The Morgan fingerprint density at radius 1 is 1.04 bits per heavy atom. The number of aryl methyl sites for hydroxylation is 1. The van der Waals surface area contributed by atoms with E-state index in [2.05, 4.69) is 5.32 Å². The van der Waals surface area contributed by atoms with Gasteiger partial charge in [0.05, 0.1) is 5.41 Å². The average molecular weight is 354 g/mol. The van der Waals surface area contributed by atoms with Gasteiger partial charge in [0.2, 0.25) is 11.8 Å². The molecule has 1 aliphatic rings. The summed E-state index contributed by atoms with van der Waals surface area (Å²) in [6, 6.07) is 10.6. The van der Waals surface area contributed by atoms with Gasteiger partial charge in [-0.05, 0) is 56.2 Å². The minimum atomic E-state index is -0.812. The molecule has 0 radical (unpaired) electrons. The van der Waals surface area contributed by atoms with Crippen LogP contribution in [-0.2, 0) is 10.2 Å². The molecule has 136 valence electrons. The number of benzene rings is 2. The van der Waals surface area contributed by atoms with Gasteiger partial charge in [0.1, 0.15) is 13.2 Å². The molecule has 1 aliphatic heterocycles. The van der Waals surface area contributed by atoms with E-state index < -0.39 is 11.3 Å². The van der Waals surface area contributed by atoms with Gasteiger partial charge >= 0.3 is 0 Å². The Balaban J connectivity index is 1.84. The van der Waals surface area contributed by atoms with Crippen molar-refractivity contribution in [1.82, 2.24) is 0 Å². The average Bonchev–Trinajstić information content (AvgIpc) is 2.62. The Labute approximate surface area is 152 Å². The van der Waals surface area contributed by atoms with E-state index in [1.807, 2.05) is 32.0 Å². The van der Waals surface area contributed by atoms with Crippen LogP contribution in [0.1, 0.15) is 35.3 Å². The predicted octanol–water partition coefficient (Wildman–Crippen LogP) is 2.78. The zero-order valence-corrected chi connectivity index (χ0v) is 15.1. The quantitative estimate of drug-likeness (QED) is 0.883. The standard InChI is InChI=1S/C20H22N2O4/c1-12-4-6-14(11-15(12)18(21)23)22-19(24)20(2,3)13-5-7-16-17(10-13)26-9-8-25-16/h4-7,10-11H,8-9H2,1-3H3,(H2,21,23)(H,22,24). The molecule has 0 fully saturated rings. The van der Waals surface area contributed by atoms with Crippen LogP contribution in [0.4, 0.5) is 5.69 Å². The molecule has 1 heterocycles. The SMILES string of the molecule is Cc1ccc(NC(=O)C(C)(C)c2ccc3c(c2)OCCO3)cc1C(N)=O. The summed E-state index contributed by atoms with van der Waals surface area (Å²) in [5, 5.41) is 2.86. The molecule has 3 N–H and O–H groups in total. The summed E-state index contributed by atoms with van der Waals surface area (Å²) >= 11 is 0. The second-order valence-electron chi connectivity index (χ2n) is 6.83. The van der Waals surface area contributed by atoms with Gasteiger partial charge < -0.3 is 20.5 Å². The predicted molar refractivity (Wildman–Crippen MR) is 98.8 cm³/mol. The molecule has 0 bridgehead atoms. The lowest BCUT2D eigenvalue weighted by molar-refractivity contribution is -0.120. The summed E-state index contributed by atoms with van der Waals surface area (Å²) in [4.78, 5) is 24.4. The molecule has 2 aromatic rings. The molecule has 2 amide bonds. The monoisotopic (exact) mass is 354 g/mol. The first kappa shape index (κ1) is 17.8. The third kappa shape index (κ3) is 3.35. The van der Waals surface area contributed by atoms with Crippen molar-refractivity contribution < 1.29 is 19.1 Å². The van der Waals surface area contributed by atoms with E-state index in [-0.39, 0.29) is 5.91 Å². The second kappa shape index (κ2) is 6.71. The topological polar surface area (TPSA) is 90.7 Å². The molecule has 0 aliphatic carbocycles. The van der Waals surface area contributed by atoms with Crippen molar-refractivity contribution in [3.63, 3.8) is 0 Å². The van der Waals surface area contributed by atoms with Crippen LogP contribution in [0.2, 0.25) is 0 Å². The fraction of sp³-hybridized carbons (Fsp3) is 0.300. The first-order chi connectivity index (χ1) is 12.3. The number of hydrogen-bond donors (Lipinski definition) is 2. The number of nitrogens with one attached hydrogen (secondary N) is 1. The highest BCUT2D eigenvalue weighted by Crippen LogP contribution is 2.35. The maximum absolute atomic E-state index is 12.9. The number of nitrogens with two attached hydrogens (primary N) is 1. The second-order valence-corrected chi connectivity index (χ2v) is 6.83. The van der Waals surface area contributed by atoms with E-state index in [1.165, 1.54) is 0 Å². The number of amides is 2.